The quantitative estimate of drug-likeness (QED) is 0.780. The standard InChI is InChI=1S/C21H25N3O4S/c1-2-28-12-19(26)23-10-15-8-16(11-23)20(24-17(15)4-3-5-18(24)25)21(27)22-9-14-6-7-29-13-14/h3-7,13,15-16,20H,2,8-12H2,1H3,(H,22,27)/t15-,16+,20-/m1/s1. The second-order valence-corrected chi connectivity index (χ2v) is 8.36. The second-order valence-electron chi connectivity index (χ2n) is 7.58. The summed E-state index contributed by atoms with van der Waals surface area (Å²) in [4.78, 5) is 40.2. The predicted molar refractivity (Wildman–Crippen MR) is 110 cm³/mol. The SMILES string of the molecule is CCOCC(=O)N1C[C@H]2C[C@@H](C1)[C@H](C(=O)NCc1ccsc1)n1c2cccc1=O. The van der Waals surface area contributed by atoms with Crippen molar-refractivity contribution in [3.8, 4) is 0 Å². The Labute approximate surface area is 173 Å². The first kappa shape index (κ1) is 19.8. The molecular formula is C21H25N3O4S. The lowest BCUT2D eigenvalue weighted by molar-refractivity contribution is -0.141. The first-order chi connectivity index (χ1) is 14.1. The molecule has 3 atom stereocenters. The van der Waals surface area contributed by atoms with E-state index >= 15 is 0 Å². The highest BCUT2D eigenvalue weighted by Gasteiger charge is 2.44. The molecule has 0 unspecified atom stereocenters. The van der Waals surface area contributed by atoms with Crippen LogP contribution in [0, 0.1) is 5.92 Å². The summed E-state index contributed by atoms with van der Waals surface area (Å²) in [6.45, 7) is 3.83. The van der Waals surface area contributed by atoms with Gasteiger partial charge in [0.25, 0.3) is 5.56 Å². The lowest BCUT2D eigenvalue weighted by Gasteiger charge is -2.46. The van der Waals surface area contributed by atoms with Gasteiger partial charge in [0.2, 0.25) is 11.8 Å². The van der Waals surface area contributed by atoms with Crippen LogP contribution in [0.4, 0.5) is 0 Å². The molecule has 0 spiro atoms. The van der Waals surface area contributed by atoms with Crippen LogP contribution in [0.15, 0.2) is 39.8 Å². The van der Waals surface area contributed by atoms with Crippen LogP contribution in [0.2, 0.25) is 0 Å². The number of carbonyl (C=O) groups excluding carboxylic acids is 2. The molecule has 2 bridgehead atoms. The largest absolute Gasteiger partial charge is 0.372 e. The van der Waals surface area contributed by atoms with Crippen molar-refractivity contribution >= 4 is 23.2 Å². The Hall–Kier alpha value is -2.45. The fourth-order valence-corrected chi connectivity index (χ4v) is 5.11. The second kappa shape index (κ2) is 8.51. The monoisotopic (exact) mass is 415 g/mol. The van der Waals surface area contributed by atoms with Crippen LogP contribution in [-0.4, -0.2) is 47.6 Å². The number of pyridine rings is 1. The molecule has 4 heterocycles. The van der Waals surface area contributed by atoms with Gasteiger partial charge < -0.3 is 15.0 Å². The molecule has 2 amide bonds. The van der Waals surface area contributed by atoms with Gasteiger partial charge in [-0.05, 0) is 41.8 Å². The van der Waals surface area contributed by atoms with Crippen molar-refractivity contribution < 1.29 is 14.3 Å². The van der Waals surface area contributed by atoms with Crippen molar-refractivity contribution in [2.75, 3.05) is 26.3 Å². The lowest BCUT2D eigenvalue weighted by atomic mass is 9.78. The van der Waals surface area contributed by atoms with E-state index in [2.05, 4.69) is 5.32 Å². The third kappa shape index (κ3) is 4.00. The average molecular weight is 416 g/mol. The summed E-state index contributed by atoms with van der Waals surface area (Å²) < 4.78 is 6.93. The molecule has 1 N–H and O–H groups in total. The molecule has 2 aromatic heterocycles. The van der Waals surface area contributed by atoms with Gasteiger partial charge in [-0.2, -0.15) is 11.3 Å². The van der Waals surface area contributed by atoms with E-state index in [1.54, 1.807) is 26.9 Å². The van der Waals surface area contributed by atoms with Crippen molar-refractivity contribution in [2.45, 2.75) is 31.8 Å². The summed E-state index contributed by atoms with van der Waals surface area (Å²) in [5.41, 5.74) is 1.70. The van der Waals surface area contributed by atoms with Crippen molar-refractivity contribution in [3.63, 3.8) is 0 Å². The van der Waals surface area contributed by atoms with Gasteiger partial charge in [-0.15, -0.1) is 0 Å². The van der Waals surface area contributed by atoms with Crippen LogP contribution >= 0.6 is 11.3 Å². The molecule has 1 fully saturated rings. The Morgan fingerprint density at radius 1 is 1.28 bits per heavy atom. The Morgan fingerprint density at radius 3 is 2.90 bits per heavy atom. The van der Waals surface area contributed by atoms with Gasteiger partial charge in [-0.1, -0.05) is 6.07 Å². The maximum absolute atomic E-state index is 13.2. The van der Waals surface area contributed by atoms with Crippen molar-refractivity contribution in [2.24, 2.45) is 5.92 Å². The van der Waals surface area contributed by atoms with E-state index in [0.29, 0.717) is 26.2 Å². The maximum Gasteiger partial charge on any atom is 0.251 e. The van der Waals surface area contributed by atoms with Gasteiger partial charge >= 0.3 is 0 Å². The number of fused-ring (bicyclic) bond motifs is 4. The van der Waals surface area contributed by atoms with Gasteiger partial charge in [0.15, 0.2) is 0 Å². The highest BCUT2D eigenvalue weighted by Crippen LogP contribution is 2.41. The summed E-state index contributed by atoms with van der Waals surface area (Å²) in [5.74, 6) is -0.289. The number of aromatic nitrogens is 1. The van der Waals surface area contributed by atoms with Crippen LogP contribution in [0.25, 0.3) is 0 Å². The molecule has 2 aliphatic heterocycles. The Balaban J connectivity index is 1.61. The van der Waals surface area contributed by atoms with Gasteiger partial charge in [-0.25, -0.2) is 0 Å². The number of carbonyl (C=O) groups is 2. The third-order valence-corrected chi connectivity index (χ3v) is 6.48. The molecule has 0 saturated carbocycles. The Morgan fingerprint density at radius 2 is 2.14 bits per heavy atom. The fraction of sp³-hybridized carbons (Fsp3) is 0.476. The van der Waals surface area contributed by atoms with Crippen molar-refractivity contribution in [1.82, 2.24) is 14.8 Å². The average Bonchev–Trinajstić information content (AvgIpc) is 3.24. The molecule has 0 radical (unpaired) electrons. The van der Waals surface area contributed by atoms with Gasteiger partial charge in [0.1, 0.15) is 12.6 Å². The number of thiophene rings is 1. The molecule has 2 aliphatic rings. The number of hydrogen-bond acceptors (Lipinski definition) is 5. The molecule has 4 rings (SSSR count). The van der Waals surface area contributed by atoms with Crippen LogP contribution < -0.4 is 10.9 Å². The van der Waals surface area contributed by atoms with E-state index in [1.807, 2.05) is 29.8 Å². The summed E-state index contributed by atoms with van der Waals surface area (Å²) in [6.07, 6.45) is 0.790. The number of nitrogens with zero attached hydrogens (tertiary/aromatic N) is 2. The molecule has 2 aromatic rings. The van der Waals surface area contributed by atoms with E-state index in [-0.39, 0.29) is 35.8 Å². The van der Waals surface area contributed by atoms with E-state index < -0.39 is 6.04 Å². The molecule has 154 valence electrons. The molecule has 1 saturated heterocycles. The number of ether oxygens (including phenoxy) is 1. The zero-order valence-corrected chi connectivity index (χ0v) is 17.2. The molecule has 0 aliphatic carbocycles. The third-order valence-electron chi connectivity index (χ3n) is 5.75. The van der Waals surface area contributed by atoms with Crippen molar-refractivity contribution in [3.05, 3.63) is 56.6 Å². The normalized spacial score (nSPS) is 22.8. The molecule has 29 heavy (non-hydrogen) atoms. The maximum atomic E-state index is 13.2. The predicted octanol–water partition coefficient (Wildman–Crippen LogP) is 1.75. The topological polar surface area (TPSA) is 80.6 Å². The zero-order valence-electron chi connectivity index (χ0n) is 16.4. The van der Waals surface area contributed by atoms with E-state index in [0.717, 1.165) is 17.7 Å². The zero-order chi connectivity index (χ0) is 20.4. The van der Waals surface area contributed by atoms with Crippen LogP contribution in [0.3, 0.4) is 0 Å². The molecule has 8 heteroatoms. The number of amides is 2. The number of likely N-dealkylation sites (tertiary alicyclic amines) is 1. The smallest absolute Gasteiger partial charge is 0.251 e. The summed E-state index contributed by atoms with van der Waals surface area (Å²) in [7, 11) is 0. The molecule has 7 nitrogen and oxygen atoms in total. The fourth-order valence-electron chi connectivity index (χ4n) is 4.44. The minimum absolute atomic E-state index is 0.0482. The van der Waals surface area contributed by atoms with E-state index in [4.69, 9.17) is 4.74 Å². The van der Waals surface area contributed by atoms with Crippen LogP contribution in [0.1, 0.15) is 36.6 Å². The van der Waals surface area contributed by atoms with Gasteiger partial charge in [0.05, 0.1) is 0 Å². The number of hydrogen-bond donors (Lipinski definition) is 1. The summed E-state index contributed by atoms with van der Waals surface area (Å²) in [5, 5.41) is 6.94. The number of piperidine rings is 1. The Bertz CT molecular complexity index is 940. The summed E-state index contributed by atoms with van der Waals surface area (Å²) in [6, 6.07) is 6.49. The summed E-state index contributed by atoms with van der Waals surface area (Å²) >= 11 is 1.58. The number of nitrogens with one attached hydrogen (secondary N) is 1. The highest BCUT2D eigenvalue weighted by molar-refractivity contribution is 7.07. The molecular weight excluding hydrogens is 390 g/mol. The van der Waals surface area contributed by atoms with E-state index in [1.165, 1.54) is 6.07 Å². The van der Waals surface area contributed by atoms with Crippen LogP contribution in [0.5, 0.6) is 0 Å². The minimum atomic E-state index is -0.615. The number of rotatable bonds is 6. The van der Waals surface area contributed by atoms with Gasteiger partial charge in [-0.3, -0.25) is 19.0 Å². The highest BCUT2D eigenvalue weighted by atomic mass is 32.1. The van der Waals surface area contributed by atoms with E-state index in [9.17, 15) is 14.4 Å². The lowest BCUT2D eigenvalue weighted by Crippen LogP contribution is -2.54. The van der Waals surface area contributed by atoms with Crippen molar-refractivity contribution in [1.29, 1.82) is 0 Å². The first-order valence-electron chi connectivity index (χ1n) is 9.94. The van der Waals surface area contributed by atoms with Gasteiger partial charge in [0, 0.05) is 49.8 Å². The minimum Gasteiger partial charge on any atom is -0.372 e. The van der Waals surface area contributed by atoms with Crippen LogP contribution in [-0.2, 0) is 20.9 Å². The first-order valence-corrected chi connectivity index (χ1v) is 10.9. The molecule has 0 aromatic carbocycles. The Kier molecular flexibility index (Phi) is 5.82.